The highest BCUT2D eigenvalue weighted by atomic mass is 16.1. The number of benzene rings is 1. The first kappa shape index (κ1) is 13.3. The first-order chi connectivity index (χ1) is 9.84. The molecule has 1 aliphatic heterocycles. The molecule has 1 aromatic carbocycles. The van der Waals surface area contributed by atoms with E-state index in [1.165, 1.54) is 12.8 Å². The number of aromatic nitrogens is 1. The summed E-state index contributed by atoms with van der Waals surface area (Å²) in [7, 11) is 0. The molecule has 1 fully saturated rings. The van der Waals surface area contributed by atoms with Gasteiger partial charge in [-0.25, -0.2) is 0 Å². The number of piperidine rings is 1. The van der Waals surface area contributed by atoms with Gasteiger partial charge < -0.3 is 5.32 Å². The predicted molar refractivity (Wildman–Crippen MR) is 80.9 cm³/mol. The minimum absolute atomic E-state index is 0.252. The van der Waals surface area contributed by atoms with Gasteiger partial charge >= 0.3 is 0 Å². The minimum atomic E-state index is 0.252. The van der Waals surface area contributed by atoms with E-state index in [-0.39, 0.29) is 5.78 Å². The second-order valence-corrected chi connectivity index (χ2v) is 5.56. The summed E-state index contributed by atoms with van der Waals surface area (Å²) in [5, 5.41) is 5.43. The van der Waals surface area contributed by atoms with E-state index in [9.17, 15) is 4.79 Å². The van der Waals surface area contributed by atoms with E-state index in [0.717, 1.165) is 35.8 Å². The number of hydrogen-bond donors (Lipinski definition) is 1. The SMILES string of the molecule is O=C(CCC1CCNCC1)c1cccc2ccncc12. The third-order valence-electron chi connectivity index (χ3n) is 4.22. The van der Waals surface area contributed by atoms with Crippen LogP contribution in [-0.2, 0) is 0 Å². The van der Waals surface area contributed by atoms with E-state index in [0.29, 0.717) is 12.3 Å². The van der Waals surface area contributed by atoms with Crippen LogP contribution in [-0.4, -0.2) is 23.9 Å². The first-order valence-electron chi connectivity index (χ1n) is 7.41. The number of nitrogens with zero attached hydrogens (tertiary/aromatic N) is 1. The van der Waals surface area contributed by atoms with Crippen LogP contribution in [0.25, 0.3) is 10.8 Å². The summed E-state index contributed by atoms with van der Waals surface area (Å²) in [6, 6.07) is 7.87. The van der Waals surface area contributed by atoms with Gasteiger partial charge in [-0.05, 0) is 49.7 Å². The summed E-state index contributed by atoms with van der Waals surface area (Å²) >= 11 is 0. The Balaban J connectivity index is 1.72. The molecule has 3 rings (SSSR count). The fourth-order valence-electron chi connectivity index (χ4n) is 3.00. The summed E-state index contributed by atoms with van der Waals surface area (Å²) in [6.07, 6.45) is 7.63. The molecule has 0 radical (unpaired) electrons. The summed E-state index contributed by atoms with van der Waals surface area (Å²) in [5.74, 6) is 0.954. The molecule has 1 saturated heterocycles. The van der Waals surface area contributed by atoms with Crippen molar-refractivity contribution in [3.63, 3.8) is 0 Å². The van der Waals surface area contributed by atoms with Gasteiger partial charge in [-0.2, -0.15) is 0 Å². The highest BCUT2D eigenvalue weighted by Gasteiger charge is 2.16. The standard InChI is InChI=1S/C17H20N2O/c20-17(5-4-13-6-9-18-10-7-13)15-3-1-2-14-8-11-19-12-16(14)15/h1-3,8,11-13,18H,4-7,9-10H2. The Kier molecular flexibility index (Phi) is 4.07. The molecule has 0 saturated carbocycles. The van der Waals surface area contributed by atoms with Crippen LogP contribution in [0, 0.1) is 5.92 Å². The van der Waals surface area contributed by atoms with Crippen molar-refractivity contribution in [3.8, 4) is 0 Å². The Labute approximate surface area is 119 Å². The molecule has 0 aliphatic carbocycles. The molecule has 104 valence electrons. The number of hydrogen-bond acceptors (Lipinski definition) is 3. The minimum Gasteiger partial charge on any atom is -0.317 e. The molecule has 0 unspecified atom stereocenters. The number of rotatable bonds is 4. The monoisotopic (exact) mass is 268 g/mol. The van der Waals surface area contributed by atoms with E-state index < -0.39 is 0 Å². The van der Waals surface area contributed by atoms with E-state index in [2.05, 4.69) is 10.3 Å². The molecule has 0 bridgehead atoms. The van der Waals surface area contributed by atoms with Crippen LogP contribution in [0.1, 0.15) is 36.0 Å². The number of fused-ring (bicyclic) bond motifs is 1. The normalized spacial score (nSPS) is 16.4. The highest BCUT2D eigenvalue weighted by molar-refractivity contribution is 6.07. The van der Waals surface area contributed by atoms with Gasteiger partial charge in [-0.3, -0.25) is 9.78 Å². The van der Waals surface area contributed by atoms with Gasteiger partial charge in [0, 0.05) is 29.8 Å². The zero-order valence-electron chi connectivity index (χ0n) is 11.6. The summed E-state index contributed by atoms with van der Waals surface area (Å²) in [6.45, 7) is 2.19. The lowest BCUT2D eigenvalue weighted by Crippen LogP contribution is -2.28. The van der Waals surface area contributed by atoms with Crippen molar-refractivity contribution in [1.29, 1.82) is 0 Å². The van der Waals surface area contributed by atoms with Crippen LogP contribution in [0.5, 0.6) is 0 Å². The molecule has 3 nitrogen and oxygen atoms in total. The Hall–Kier alpha value is -1.74. The topological polar surface area (TPSA) is 42.0 Å². The van der Waals surface area contributed by atoms with Gasteiger partial charge in [0.1, 0.15) is 0 Å². The average Bonchev–Trinajstić information content (AvgIpc) is 2.53. The molecule has 1 aromatic heterocycles. The van der Waals surface area contributed by atoms with Crippen molar-refractivity contribution in [1.82, 2.24) is 10.3 Å². The number of Topliss-reactive ketones (excluding diaryl/α,β-unsaturated/α-hetero) is 1. The third-order valence-corrected chi connectivity index (χ3v) is 4.22. The molecule has 1 aliphatic rings. The Morgan fingerprint density at radius 2 is 2.10 bits per heavy atom. The van der Waals surface area contributed by atoms with Gasteiger partial charge in [0.2, 0.25) is 0 Å². The molecular weight excluding hydrogens is 248 g/mol. The second-order valence-electron chi connectivity index (χ2n) is 5.56. The van der Waals surface area contributed by atoms with Crippen LogP contribution >= 0.6 is 0 Å². The summed E-state index contributed by atoms with van der Waals surface area (Å²) in [4.78, 5) is 16.6. The quantitative estimate of drug-likeness (QED) is 0.866. The van der Waals surface area contributed by atoms with E-state index in [4.69, 9.17) is 0 Å². The smallest absolute Gasteiger partial charge is 0.163 e. The molecule has 3 heteroatoms. The Bertz CT molecular complexity index is 597. The van der Waals surface area contributed by atoms with Gasteiger partial charge in [-0.1, -0.05) is 18.2 Å². The second kappa shape index (κ2) is 6.14. The van der Waals surface area contributed by atoms with Crippen molar-refractivity contribution in [2.75, 3.05) is 13.1 Å². The summed E-state index contributed by atoms with van der Waals surface area (Å²) in [5.41, 5.74) is 0.824. The van der Waals surface area contributed by atoms with Gasteiger partial charge in [0.05, 0.1) is 0 Å². The fourth-order valence-corrected chi connectivity index (χ4v) is 3.00. The van der Waals surface area contributed by atoms with Crippen molar-refractivity contribution in [2.24, 2.45) is 5.92 Å². The third kappa shape index (κ3) is 2.88. The maximum atomic E-state index is 12.5. The van der Waals surface area contributed by atoms with Gasteiger partial charge in [0.15, 0.2) is 5.78 Å². The molecule has 0 atom stereocenters. The highest BCUT2D eigenvalue weighted by Crippen LogP contribution is 2.22. The first-order valence-corrected chi connectivity index (χ1v) is 7.41. The van der Waals surface area contributed by atoms with E-state index >= 15 is 0 Å². The Morgan fingerprint density at radius 3 is 2.95 bits per heavy atom. The van der Waals surface area contributed by atoms with Crippen LogP contribution < -0.4 is 5.32 Å². The largest absolute Gasteiger partial charge is 0.317 e. The molecular formula is C17H20N2O. The number of carbonyl (C=O) groups excluding carboxylic acids is 1. The average molecular weight is 268 g/mol. The van der Waals surface area contributed by atoms with Gasteiger partial charge in [0.25, 0.3) is 0 Å². The molecule has 20 heavy (non-hydrogen) atoms. The maximum absolute atomic E-state index is 12.5. The number of carbonyl (C=O) groups is 1. The van der Waals surface area contributed by atoms with Crippen LogP contribution in [0.2, 0.25) is 0 Å². The van der Waals surface area contributed by atoms with Crippen LogP contribution in [0.15, 0.2) is 36.7 Å². The molecule has 2 aromatic rings. The van der Waals surface area contributed by atoms with Crippen LogP contribution in [0.3, 0.4) is 0 Å². The van der Waals surface area contributed by atoms with E-state index in [1.54, 1.807) is 12.4 Å². The van der Waals surface area contributed by atoms with Crippen LogP contribution in [0.4, 0.5) is 0 Å². The lowest BCUT2D eigenvalue weighted by atomic mass is 9.90. The summed E-state index contributed by atoms with van der Waals surface area (Å²) < 4.78 is 0. The van der Waals surface area contributed by atoms with Crippen molar-refractivity contribution in [2.45, 2.75) is 25.7 Å². The van der Waals surface area contributed by atoms with Crippen molar-refractivity contribution in [3.05, 3.63) is 42.2 Å². The molecule has 2 heterocycles. The van der Waals surface area contributed by atoms with Crippen molar-refractivity contribution >= 4 is 16.6 Å². The number of ketones is 1. The molecule has 0 spiro atoms. The predicted octanol–water partition coefficient (Wildman–Crippen LogP) is 3.20. The van der Waals surface area contributed by atoms with E-state index in [1.807, 2.05) is 24.3 Å². The maximum Gasteiger partial charge on any atom is 0.163 e. The number of pyridine rings is 1. The zero-order chi connectivity index (χ0) is 13.8. The molecule has 0 amide bonds. The fraction of sp³-hybridized carbons (Fsp3) is 0.412. The lowest BCUT2D eigenvalue weighted by molar-refractivity contribution is 0.0972. The zero-order valence-corrected chi connectivity index (χ0v) is 11.6. The Morgan fingerprint density at radius 1 is 1.25 bits per heavy atom. The van der Waals surface area contributed by atoms with Gasteiger partial charge in [-0.15, -0.1) is 0 Å². The lowest BCUT2D eigenvalue weighted by Gasteiger charge is -2.22. The molecule has 1 N–H and O–H groups in total. The number of nitrogens with one attached hydrogen (secondary N) is 1. The van der Waals surface area contributed by atoms with Crippen molar-refractivity contribution < 1.29 is 4.79 Å².